The summed E-state index contributed by atoms with van der Waals surface area (Å²) in [5.74, 6) is 1.45. The number of aryl methyl sites for hydroxylation is 1. The zero-order chi connectivity index (χ0) is 37.0. The van der Waals surface area contributed by atoms with E-state index in [9.17, 15) is 19.8 Å². The number of benzene rings is 3. The van der Waals surface area contributed by atoms with Crippen molar-refractivity contribution in [3.8, 4) is 34.5 Å². The van der Waals surface area contributed by atoms with Gasteiger partial charge in [-0.3, -0.25) is 4.79 Å². The zero-order valence-corrected chi connectivity index (χ0v) is 30.8. The van der Waals surface area contributed by atoms with E-state index in [4.69, 9.17) is 28.4 Å². The number of aliphatic hydroxyl groups excluding tert-OH is 1. The highest BCUT2D eigenvalue weighted by molar-refractivity contribution is 5.89. The van der Waals surface area contributed by atoms with Crippen LogP contribution in [0.15, 0.2) is 54.6 Å². The van der Waals surface area contributed by atoms with E-state index < -0.39 is 24.0 Å². The SMILES string of the molecule is COc1ccc(CC[C@H](OC(=O)[C@H]2CCCCN2C(=O)[C@H](c2cc(OC)c(OC)c(OCCO)c2)C2CCCCC2)c2cccc(O)c2)cc1OC. The predicted octanol–water partition coefficient (Wildman–Crippen LogP) is 6.76. The molecule has 3 aromatic rings. The van der Waals surface area contributed by atoms with Crippen molar-refractivity contribution >= 4 is 11.9 Å². The molecular weight excluding hydrogens is 666 g/mol. The van der Waals surface area contributed by atoms with Crippen LogP contribution >= 0.6 is 0 Å². The molecule has 1 aliphatic heterocycles. The first kappa shape index (κ1) is 38.6. The van der Waals surface area contributed by atoms with Gasteiger partial charge in [0.2, 0.25) is 11.7 Å². The van der Waals surface area contributed by atoms with Gasteiger partial charge >= 0.3 is 5.97 Å². The lowest BCUT2D eigenvalue weighted by Gasteiger charge is -2.40. The number of esters is 1. The van der Waals surface area contributed by atoms with E-state index in [1.165, 1.54) is 7.11 Å². The summed E-state index contributed by atoms with van der Waals surface area (Å²) in [7, 11) is 6.24. The highest BCUT2D eigenvalue weighted by atomic mass is 16.5. The normalized spacial score (nSPS) is 17.5. The van der Waals surface area contributed by atoms with Gasteiger partial charge in [0, 0.05) is 6.54 Å². The first-order chi connectivity index (χ1) is 25.3. The largest absolute Gasteiger partial charge is 0.508 e. The molecule has 0 spiro atoms. The summed E-state index contributed by atoms with van der Waals surface area (Å²) < 4.78 is 34.4. The number of phenolic OH excluding ortho intramolecular Hbond substituents is 1. The van der Waals surface area contributed by atoms with E-state index in [-0.39, 0.29) is 30.8 Å². The number of hydrogen-bond donors (Lipinski definition) is 2. The van der Waals surface area contributed by atoms with Gasteiger partial charge in [-0.05, 0) is 104 Å². The van der Waals surface area contributed by atoms with Crippen molar-refractivity contribution < 1.29 is 48.2 Å². The van der Waals surface area contributed by atoms with Gasteiger partial charge in [0.05, 0.1) is 41.0 Å². The molecule has 1 amide bonds. The van der Waals surface area contributed by atoms with Crippen molar-refractivity contribution in [2.45, 2.75) is 82.3 Å². The Balaban J connectivity index is 1.44. The summed E-state index contributed by atoms with van der Waals surface area (Å²) in [6, 6.07) is 15.4. The van der Waals surface area contributed by atoms with Crippen LogP contribution in [0.3, 0.4) is 0 Å². The number of ether oxygens (including phenoxy) is 6. The van der Waals surface area contributed by atoms with Crippen molar-refractivity contribution in [2.75, 3.05) is 48.2 Å². The molecule has 11 heteroatoms. The molecule has 2 fully saturated rings. The van der Waals surface area contributed by atoms with Crippen LogP contribution in [0.4, 0.5) is 0 Å². The number of phenols is 1. The molecule has 0 aromatic heterocycles. The fraction of sp³-hybridized carbons (Fsp3) is 0.512. The van der Waals surface area contributed by atoms with Crippen molar-refractivity contribution in [3.05, 3.63) is 71.3 Å². The van der Waals surface area contributed by atoms with Crippen LogP contribution in [0.1, 0.15) is 86.5 Å². The maximum absolute atomic E-state index is 14.9. The lowest BCUT2D eigenvalue weighted by Crippen LogP contribution is -2.51. The Kier molecular flexibility index (Phi) is 13.9. The molecule has 11 nitrogen and oxygen atoms in total. The van der Waals surface area contributed by atoms with E-state index in [2.05, 4.69) is 0 Å². The molecule has 0 unspecified atom stereocenters. The number of rotatable bonds is 16. The summed E-state index contributed by atoms with van der Waals surface area (Å²) >= 11 is 0. The molecule has 1 heterocycles. The number of methoxy groups -OCH3 is 4. The van der Waals surface area contributed by atoms with Gasteiger partial charge in [-0.2, -0.15) is 0 Å². The topological polar surface area (TPSA) is 133 Å². The predicted molar refractivity (Wildman–Crippen MR) is 196 cm³/mol. The van der Waals surface area contributed by atoms with Crippen molar-refractivity contribution in [1.29, 1.82) is 0 Å². The quantitative estimate of drug-likeness (QED) is 0.153. The van der Waals surface area contributed by atoms with Crippen LogP contribution in [-0.4, -0.2) is 81.2 Å². The minimum Gasteiger partial charge on any atom is -0.508 e. The highest BCUT2D eigenvalue weighted by Crippen LogP contribution is 2.45. The van der Waals surface area contributed by atoms with Crippen LogP contribution in [-0.2, 0) is 20.7 Å². The lowest BCUT2D eigenvalue weighted by atomic mass is 9.75. The summed E-state index contributed by atoms with van der Waals surface area (Å²) in [5.41, 5.74) is 2.37. The van der Waals surface area contributed by atoms with Crippen LogP contribution < -0.4 is 23.7 Å². The van der Waals surface area contributed by atoms with E-state index in [0.29, 0.717) is 60.1 Å². The fourth-order valence-electron chi connectivity index (χ4n) is 7.67. The maximum Gasteiger partial charge on any atom is 0.329 e. The zero-order valence-electron chi connectivity index (χ0n) is 30.8. The van der Waals surface area contributed by atoms with Crippen molar-refractivity contribution in [2.24, 2.45) is 5.92 Å². The Morgan fingerprint density at radius 3 is 2.21 bits per heavy atom. The molecule has 3 atom stereocenters. The number of piperidine rings is 1. The number of amides is 1. The minimum atomic E-state index is -0.765. The van der Waals surface area contributed by atoms with Gasteiger partial charge in [-0.15, -0.1) is 0 Å². The number of carbonyl (C=O) groups excluding carboxylic acids is 2. The highest BCUT2D eigenvalue weighted by Gasteiger charge is 2.41. The molecule has 3 aromatic carbocycles. The molecule has 0 radical (unpaired) electrons. The Hall–Kier alpha value is -4.64. The van der Waals surface area contributed by atoms with E-state index >= 15 is 0 Å². The second kappa shape index (κ2) is 18.7. The van der Waals surface area contributed by atoms with E-state index in [1.807, 2.05) is 36.4 Å². The second-order valence-corrected chi connectivity index (χ2v) is 13.5. The molecule has 0 bridgehead atoms. The number of nitrogens with zero attached hydrogens (tertiary/aromatic N) is 1. The lowest BCUT2D eigenvalue weighted by molar-refractivity contribution is -0.163. The van der Waals surface area contributed by atoms with Crippen LogP contribution in [0, 0.1) is 5.92 Å². The molecule has 52 heavy (non-hydrogen) atoms. The fourth-order valence-corrected chi connectivity index (χ4v) is 7.67. The van der Waals surface area contributed by atoms with Crippen LogP contribution in [0.5, 0.6) is 34.5 Å². The van der Waals surface area contributed by atoms with Crippen molar-refractivity contribution in [1.82, 2.24) is 4.90 Å². The van der Waals surface area contributed by atoms with Gasteiger partial charge in [-0.25, -0.2) is 4.79 Å². The Morgan fingerprint density at radius 2 is 1.52 bits per heavy atom. The number of likely N-dealkylation sites (tertiary alicyclic amines) is 1. The summed E-state index contributed by atoms with van der Waals surface area (Å²) in [6.07, 6.45) is 7.32. The monoisotopic (exact) mass is 719 g/mol. The molecule has 282 valence electrons. The summed E-state index contributed by atoms with van der Waals surface area (Å²) in [4.78, 5) is 30.9. The third-order valence-corrected chi connectivity index (χ3v) is 10.3. The van der Waals surface area contributed by atoms with E-state index in [1.54, 1.807) is 44.4 Å². The van der Waals surface area contributed by atoms with Crippen LogP contribution in [0.25, 0.3) is 0 Å². The minimum absolute atomic E-state index is 0.0530. The molecule has 1 saturated heterocycles. The number of aromatic hydroxyl groups is 1. The summed E-state index contributed by atoms with van der Waals surface area (Å²) in [5, 5.41) is 19.8. The van der Waals surface area contributed by atoms with Crippen LogP contribution in [0.2, 0.25) is 0 Å². The molecule has 1 saturated carbocycles. The molecule has 5 rings (SSSR count). The number of hydrogen-bond acceptors (Lipinski definition) is 10. The van der Waals surface area contributed by atoms with Gasteiger partial charge in [0.25, 0.3) is 0 Å². The van der Waals surface area contributed by atoms with E-state index in [0.717, 1.165) is 56.1 Å². The average molecular weight is 720 g/mol. The summed E-state index contributed by atoms with van der Waals surface area (Å²) in [6.45, 7) is 0.305. The third-order valence-electron chi connectivity index (χ3n) is 10.3. The first-order valence-corrected chi connectivity index (χ1v) is 18.3. The van der Waals surface area contributed by atoms with Gasteiger partial charge in [-0.1, -0.05) is 37.5 Å². The molecule has 1 aliphatic carbocycles. The Labute approximate surface area is 306 Å². The molecular formula is C41H53NO10. The third kappa shape index (κ3) is 9.23. The average Bonchev–Trinajstić information content (AvgIpc) is 3.18. The Bertz CT molecular complexity index is 1640. The Morgan fingerprint density at radius 1 is 0.788 bits per heavy atom. The number of aliphatic hydroxyl groups is 1. The smallest absolute Gasteiger partial charge is 0.329 e. The first-order valence-electron chi connectivity index (χ1n) is 18.3. The maximum atomic E-state index is 14.9. The number of carbonyl (C=O) groups is 2. The van der Waals surface area contributed by atoms with Gasteiger partial charge in [0.1, 0.15) is 24.5 Å². The standard InChI is InChI=1S/C41H53NO10/c1-47-34-19-17-27(23-35(34)48-2)16-18-33(29-13-10-14-31(44)24-29)52-41(46)32-15-8-9-20-42(32)40(45)38(28-11-6-5-7-12-28)30-25-36(49-3)39(50-4)37(26-30)51-22-21-43/h10,13-14,17,19,23-26,28,32-33,38,43-44H,5-9,11-12,15-16,18,20-22H2,1-4H3/t32-,33+,38+/m1/s1. The second-order valence-electron chi connectivity index (χ2n) is 13.5. The molecule has 2 aliphatic rings. The molecule has 2 N–H and O–H groups in total. The van der Waals surface area contributed by atoms with Gasteiger partial charge in [0.15, 0.2) is 23.0 Å². The van der Waals surface area contributed by atoms with Gasteiger partial charge < -0.3 is 43.5 Å². The van der Waals surface area contributed by atoms with Crippen molar-refractivity contribution in [3.63, 3.8) is 0 Å².